The highest BCUT2D eigenvalue weighted by molar-refractivity contribution is 5.20. The van der Waals surface area contributed by atoms with E-state index in [9.17, 15) is 0 Å². The smallest absolute Gasteiger partial charge is 0.208 e. The van der Waals surface area contributed by atoms with Gasteiger partial charge in [-0.3, -0.25) is 4.90 Å². The molecular formula is C16H21N3O. The maximum atomic E-state index is 5.73. The molecule has 1 aliphatic rings. The molecule has 1 atom stereocenters. The van der Waals surface area contributed by atoms with Crippen LogP contribution >= 0.6 is 0 Å². The molecule has 4 nitrogen and oxygen atoms in total. The highest BCUT2D eigenvalue weighted by Gasteiger charge is 2.25. The third-order valence-electron chi connectivity index (χ3n) is 3.95. The molecule has 0 amide bonds. The summed E-state index contributed by atoms with van der Waals surface area (Å²) in [5.41, 5.74) is 2.34. The summed E-state index contributed by atoms with van der Waals surface area (Å²) in [6.45, 7) is 7.74. The molecule has 20 heavy (non-hydrogen) atoms. The zero-order chi connectivity index (χ0) is 13.9. The van der Waals surface area contributed by atoms with Crippen LogP contribution in [-0.2, 0) is 6.54 Å². The highest BCUT2D eigenvalue weighted by atomic mass is 16.4. The Bertz CT molecular complexity index is 545. The van der Waals surface area contributed by atoms with Gasteiger partial charge in [0.25, 0.3) is 0 Å². The lowest BCUT2D eigenvalue weighted by Gasteiger charge is -2.35. The lowest BCUT2D eigenvalue weighted by atomic mass is 10.0. The number of hydrogen-bond donors (Lipinski definition) is 1. The van der Waals surface area contributed by atoms with E-state index in [-0.39, 0.29) is 0 Å². The molecular weight excluding hydrogens is 250 g/mol. The van der Waals surface area contributed by atoms with E-state index in [0.717, 1.165) is 43.5 Å². The van der Waals surface area contributed by atoms with E-state index < -0.39 is 0 Å². The van der Waals surface area contributed by atoms with Gasteiger partial charge in [-0.15, -0.1) is 0 Å². The number of aromatic nitrogens is 1. The number of hydrogen-bond acceptors (Lipinski definition) is 4. The van der Waals surface area contributed by atoms with E-state index in [0.29, 0.717) is 6.04 Å². The van der Waals surface area contributed by atoms with Crippen LogP contribution in [0.3, 0.4) is 0 Å². The monoisotopic (exact) mass is 271 g/mol. The van der Waals surface area contributed by atoms with Crippen molar-refractivity contribution in [3.8, 4) is 0 Å². The minimum Gasteiger partial charge on any atom is -0.444 e. The molecule has 2 aromatic rings. The Balaban J connectivity index is 1.79. The summed E-state index contributed by atoms with van der Waals surface area (Å²) in [7, 11) is 0. The summed E-state index contributed by atoms with van der Waals surface area (Å²) >= 11 is 0. The number of nitrogens with zero attached hydrogens (tertiary/aromatic N) is 2. The van der Waals surface area contributed by atoms with Crippen molar-refractivity contribution in [3.05, 3.63) is 53.2 Å². The zero-order valence-electron chi connectivity index (χ0n) is 12.1. The summed E-state index contributed by atoms with van der Waals surface area (Å²) in [5.74, 6) is 1.74. The Labute approximate surface area is 119 Å². The second kappa shape index (κ2) is 5.77. The van der Waals surface area contributed by atoms with E-state index >= 15 is 0 Å². The Morgan fingerprint density at radius 3 is 2.80 bits per heavy atom. The standard InChI is InChI=1S/C16H21N3O/c1-12-13(2)20-16(18-12)11-19-9-8-17-10-15(19)14-6-4-3-5-7-14/h3-7,15,17H,8-11H2,1-2H3. The van der Waals surface area contributed by atoms with Gasteiger partial charge in [0.2, 0.25) is 5.89 Å². The third kappa shape index (κ3) is 2.76. The minimum atomic E-state index is 0.387. The molecule has 1 aromatic heterocycles. The van der Waals surface area contributed by atoms with Crippen LogP contribution in [0.1, 0.15) is 29.0 Å². The molecule has 106 valence electrons. The summed E-state index contributed by atoms with van der Waals surface area (Å²) in [4.78, 5) is 6.94. The van der Waals surface area contributed by atoms with Crippen LogP contribution in [0.5, 0.6) is 0 Å². The molecule has 1 unspecified atom stereocenters. The van der Waals surface area contributed by atoms with E-state index in [1.54, 1.807) is 0 Å². The minimum absolute atomic E-state index is 0.387. The summed E-state index contributed by atoms with van der Waals surface area (Å²) < 4.78 is 5.73. The van der Waals surface area contributed by atoms with Crippen molar-refractivity contribution in [2.45, 2.75) is 26.4 Å². The zero-order valence-corrected chi connectivity index (χ0v) is 12.1. The van der Waals surface area contributed by atoms with Crippen molar-refractivity contribution in [2.75, 3.05) is 19.6 Å². The Morgan fingerprint density at radius 2 is 2.10 bits per heavy atom. The molecule has 1 fully saturated rings. The van der Waals surface area contributed by atoms with Crippen molar-refractivity contribution in [3.63, 3.8) is 0 Å². The number of benzene rings is 1. The van der Waals surface area contributed by atoms with Crippen LogP contribution in [-0.4, -0.2) is 29.5 Å². The normalized spacial score (nSPS) is 20.2. The van der Waals surface area contributed by atoms with Crippen molar-refractivity contribution < 1.29 is 4.42 Å². The first-order chi connectivity index (χ1) is 9.74. The van der Waals surface area contributed by atoms with Gasteiger partial charge in [-0.1, -0.05) is 30.3 Å². The average Bonchev–Trinajstić information content (AvgIpc) is 2.79. The van der Waals surface area contributed by atoms with Gasteiger partial charge >= 0.3 is 0 Å². The Morgan fingerprint density at radius 1 is 1.30 bits per heavy atom. The van der Waals surface area contributed by atoms with E-state index in [1.165, 1.54) is 5.56 Å². The van der Waals surface area contributed by atoms with Crippen molar-refractivity contribution >= 4 is 0 Å². The van der Waals surface area contributed by atoms with Gasteiger partial charge in [0.05, 0.1) is 12.2 Å². The van der Waals surface area contributed by atoms with Crippen molar-refractivity contribution in [1.82, 2.24) is 15.2 Å². The number of piperazine rings is 1. The number of nitrogens with one attached hydrogen (secondary N) is 1. The second-order valence-electron chi connectivity index (χ2n) is 5.35. The van der Waals surface area contributed by atoms with Crippen LogP contribution in [0.2, 0.25) is 0 Å². The Hall–Kier alpha value is -1.65. The average molecular weight is 271 g/mol. The fourth-order valence-electron chi connectivity index (χ4n) is 2.72. The first kappa shape index (κ1) is 13.3. The van der Waals surface area contributed by atoms with Gasteiger partial charge in [-0.25, -0.2) is 4.98 Å². The topological polar surface area (TPSA) is 41.3 Å². The second-order valence-corrected chi connectivity index (χ2v) is 5.35. The van der Waals surface area contributed by atoms with Gasteiger partial charge in [0, 0.05) is 25.7 Å². The highest BCUT2D eigenvalue weighted by Crippen LogP contribution is 2.24. The predicted molar refractivity (Wildman–Crippen MR) is 78.4 cm³/mol. The molecule has 0 bridgehead atoms. The van der Waals surface area contributed by atoms with Gasteiger partial charge < -0.3 is 9.73 Å². The molecule has 0 saturated carbocycles. The van der Waals surface area contributed by atoms with Gasteiger partial charge in [-0.2, -0.15) is 0 Å². The first-order valence-electron chi connectivity index (χ1n) is 7.16. The molecule has 0 spiro atoms. The first-order valence-corrected chi connectivity index (χ1v) is 7.16. The molecule has 2 heterocycles. The number of rotatable bonds is 3. The van der Waals surface area contributed by atoms with Crippen LogP contribution < -0.4 is 5.32 Å². The fourth-order valence-corrected chi connectivity index (χ4v) is 2.72. The van der Waals surface area contributed by atoms with Gasteiger partial charge in [0.15, 0.2) is 0 Å². The van der Waals surface area contributed by atoms with Gasteiger partial charge in [0.1, 0.15) is 5.76 Å². The number of aryl methyl sites for hydroxylation is 2. The molecule has 1 N–H and O–H groups in total. The van der Waals surface area contributed by atoms with E-state index in [1.807, 2.05) is 13.8 Å². The van der Waals surface area contributed by atoms with E-state index in [2.05, 4.69) is 45.5 Å². The maximum Gasteiger partial charge on any atom is 0.208 e. The van der Waals surface area contributed by atoms with Crippen LogP contribution in [0.15, 0.2) is 34.7 Å². The maximum absolute atomic E-state index is 5.73. The predicted octanol–water partition coefficient (Wildman–Crippen LogP) is 2.44. The number of oxazole rings is 1. The van der Waals surface area contributed by atoms with Crippen molar-refractivity contribution in [2.24, 2.45) is 0 Å². The molecule has 1 aliphatic heterocycles. The van der Waals surface area contributed by atoms with E-state index in [4.69, 9.17) is 4.42 Å². The summed E-state index contributed by atoms with van der Waals surface area (Å²) in [6, 6.07) is 11.0. The van der Waals surface area contributed by atoms with Crippen molar-refractivity contribution in [1.29, 1.82) is 0 Å². The van der Waals surface area contributed by atoms with Gasteiger partial charge in [-0.05, 0) is 19.4 Å². The van der Waals surface area contributed by atoms with Crippen LogP contribution in [0.4, 0.5) is 0 Å². The largest absolute Gasteiger partial charge is 0.444 e. The molecule has 0 radical (unpaired) electrons. The summed E-state index contributed by atoms with van der Waals surface area (Å²) in [5, 5.41) is 3.47. The van der Waals surface area contributed by atoms with Crippen LogP contribution in [0, 0.1) is 13.8 Å². The summed E-state index contributed by atoms with van der Waals surface area (Å²) in [6.07, 6.45) is 0. The lowest BCUT2D eigenvalue weighted by molar-refractivity contribution is 0.139. The molecule has 0 aliphatic carbocycles. The fraction of sp³-hybridized carbons (Fsp3) is 0.438. The SMILES string of the molecule is Cc1nc(CN2CCNCC2c2ccccc2)oc1C. The molecule has 4 heteroatoms. The quantitative estimate of drug-likeness (QED) is 0.931. The molecule has 3 rings (SSSR count). The lowest BCUT2D eigenvalue weighted by Crippen LogP contribution is -2.45. The molecule has 1 aromatic carbocycles. The van der Waals surface area contributed by atoms with Crippen LogP contribution in [0.25, 0.3) is 0 Å². The third-order valence-corrected chi connectivity index (χ3v) is 3.95. The Kier molecular flexibility index (Phi) is 3.85. The molecule has 1 saturated heterocycles.